The summed E-state index contributed by atoms with van der Waals surface area (Å²) in [5.74, 6) is 0.887. The largest absolute Gasteiger partial charge is 0.355 e. The number of guanidine groups is 1. The topological polar surface area (TPSA) is 39.7 Å². The van der Waals surface area contributed by atoms with Crippen LogP contribution in [0.25, 0.3) is 0 Å². The van der Waals surface area contributed by atoms with Crippen molar-refractivity contribution in [2.24, 2.45) is 4.99 Å². The highest BCUT2D eigenvalue weighted by Gasteiger charge is 2.22. The van der Waals surface area contributed by atoms with Gasteiger partial charge in [-0.2, -0.15) is 0 Å². The molecule has 1 unspecified atom stereocenters. The minimum absolute atomic E-state index is 0. The molecule has 7 heteroatoms. The summed E-state index contributed by atoms with van der Waals surface area (Å²) in [6, 6.07) is 2.79. The lowest BCUT2D eigenvalue weighted by atomic mass is 10.2. The molecule has 1 aliphatic rings. The lowest BCUT2D eigenvalue weighted by Gasteiger charge is -2.23. The first-order valence-electron chi connectivity index (χ1n) is 7.14. The van der Waals surface area contributed by atoms with Crippen molar-refractivity contribution in [2.75, 3.05) is 26.7 Å². The van der Waals surface area contributed by atoms with Crippen molar-refractivity contribution in [3.05, 3.63) is 20.8 Å². The van der Waals surface area contributed by atoms with Crippen LogP contribution in [0, 0.1) is 0 Å². The van der Waals surface area contributed by atoms with Crippen LogP contribution in [-0.2, 0) is 6.54 Å². The van der Waals surface area contributed by atoms with Crippen LogP contribution < -0.4 is 10.6 Å². The first-order valence-corrected chi connectivity index (χ1v) is 8.81. The van der Waals surface area contributed by atoms with Crippen LogP contribution in [0.1, 0.15) is 24.6 Å². The molecule has 0 amide bonds. The lowest BCUT2D eigenvalue weighted by molar-refractivity contribution is 0.267. The average Bonchev–Trinajstić information content (AvgIpc) is 3.07. The maximum Gasteiger partial charge on any atom is 0.191 e. The summed E-state index contributed by atoms with van der Waals surface area (Å²) >= 11 is 5.23. The summed E-state index contributed by atoms with van der Waals surface area (Å²) in [5, 5.41) is 8.91. The summed E-state index contributed by atoms with van der Waals surface area (Å²) in [7, 11) is 1.83. The highest BCUT2D eigenvalue weighted by atomic mass is 127. The summed E-state index contributed by atoms with van der Waals surface area (Å²) in [6.45, 7) is 6.40. The van der Waals surface area contributed by atoms with Gasteiger partial charge in [0.25, 0.3) is 0 Å². The molecule has 0 radical (unpaired) electrons. The molecule has 1 atom stereocenters. The Morgan fingerprint density at radius 3 is 2.95 bits per heavy atom. The van der Waals surface area contributed by atoms with Gasteiger partial charge in [0, 0.05) is 34.4 Å². The van der Waals surface area contributed by atoms with E-state index in [1.54, 1.807) is 11.3 Å². The van der Waals surface area contributed by atoms with E-state index in [2.05, 4.69) is 54.8 Å². The van der Waals surface area contributed by atoms with E-state index < -0.39 is 0 Å². The van der Waals surface area contributed by atoms with Crippen molar-refractivity contribution < 1.29 is 0 Å². The van der Waals surface area contributed by atoms with Crippen LogP contribution in [0.5, 0.6) is 0 Å². The van der Waals surface area contributed by atoms with Crippen LogP contribution in [0.3, 0.4) is 0 Å². The van der Waals surface area contributed by atoms with E-state index in [4.69, 9.17) is 0 Å². The Kier molecular flexibility index (Phi) is 9.15. The van der Waals surface area contributed by atoms with Crippen LogP contribution in [0.4, 0.5) is 0 Å². The number of halogens is 2. The number of thiophene rings is 1. The zero-order valence-corrected chi connectivity index (χ0v) is 17.3. The normalized spacial score (nSPS) is 19.4. The molecule has 2 heterocycles. The van der Waals surface area contributed by atoms with Gasteiger partial charge < -0.3 is 10.6 Å². The van der Waals surface area contributed by atoms with Gasteiger partial charge in [0.15, 0.2) is 5.96 Å². The molecule has 2 rings (SSSR count). The van der Waals surface area contributed by atoms with Crippen LogP contribution in [-0.4, -0.2) is 43.6 Å². The molecule has 21 heavy (non-hydrogen) atoms. The van der Waals surface area contributed by atoms with E-state index in [1.165, 1.54) is 24.3 Å². The third kappa shape index (κ3) is 6.03. The van der Waals surface area contributed by atoms with Gasteiger partial charge in [-0.15, -0.1) is 35.3 Å². The van der Waals surface area contributed by atoms with Crippen molar-refractivity contribution in [1.82, 2.24) is 15.5 Å². The molecule has 1 aromatic heterocycles. The van der Waals surface area contributed by atoms with Crippen molar-refractivity contribution in [3.8, 4) is 0 Å². The van der Waals surface area contributed by atoms with Crippen molar-refractivity contribution in [1.29, 1.82) is 0 Å². The number of nitrogens with zero attached hydrogens (tertiary/aromatic N) is 2. The SMILES string of the molecule is CCN1CCCC1CNC(=NC)NCc1cc(Br)cs1.I. The number of likely N-dealkylation sites (tertiary alicyclic amines) is 1. The molecule has 0 bridgehead atoms. The fraction of sp³-hybridized carbons (Fsp3) is 0.643. The molecular weight excluding hydrogens is 463 g/mol. The minimum atomic E-state index is 0. The molecule has 4 nitrogen and oxygen atoms in total. The maximum absolute atomic E-state index is 4.29. The molecule has 0 aromatic carbocycles. The monoisotopic (exact) mass is 486 g/mol. The molecule has 1 fully saturated rings. The smallest absolute Gasteiger partial charge is 0.191 e. The Labute approximate surface area is 156 Å². The van der Waals surface area contributed by atoms with Gasteiger partial charge >= 0.3 is 0 Å². The number of nitrogens with one attached hydrogen (secondary N) is 2. The van der Waals surface area contributed by atoms with Crippen molar-refractivity contribution in [3.63, 3.8) is 0 Å². The third-order valence-corrected chi connectivity index (χ3v) is 5.38. The Bertz CT molecular complexity index is 452. The van der Waals surface area contributed by atoms with E-state index in [0.29, 0.717) is 6.04 Å². The van der Waals surface area contributed by atoms with Gasteiger partial charge in [-0.25, -0.2) is 0 Å². The second kappa shape index (κ2) is 10.0. The lowest BCUT2D eigenvalue weighted by Crippen LogP contribution is -2.44. The molecule has 1 aliphatic heterocycles. The predicted molar refractivity (Wildman–Crippen MR) is 106 cm³/mol. The van der Waals surface area contributed by atoms with Gasteiger partial charge in [-0.3, -0.25) is 9.89 Å². The van der Waals surface area contributed by atoms with E-state index >= 15 is 0 Å². The Morgan fingerprint density at radius 1 is 1.52 bits per heavy atom. The summed E-state index contributed by atoms with van der Waals surface area (Å²) < 4.78 is 1.15. The molecule has 0 saturated carbocycles. The van der Waals surface area contributed by atoms with Crippen LogP contribution in [0.2, 0.25) is 0 Å². The minimum Gasteiger partial charge on any atom is -0.355 e. The van der Waals surface area contributed by atoms with Gasteiger partial charge in [0.1, 0.15) is 0 Å². The second-order valence-electron chi connectivity index (χ2n) is 4.96. The molecule has 0 spiro atoms. The molecule has 1 aromatic rings. The summed E-state index contributed by atoms with van der Waals surface area (Å²) in [6.07, 6.45) is 2.60. The number of aliphatic imine (C=N–C) groups is 1. The fourth-order valence-corrected chi connectivity index (χ4v) is 3.99. The molecular formula is C14H24BrIN4S. The number of hydrogen-bond donors (Lipinski definition) is 2. The highest BCUT2D eigenvalue weighted by Crippen LogP contribution is 2.19. The number of likely N-dealkylation sites (N-methyl/N-ethyl adjacent to an activating group) is 1. The van der Waals surface area contributed by atoms with E-state index in [-0.39, 0.29) is 24.0 Å². The molecule has 1 saturated heterocycles. The predicted octanol–water partition coefficient (Wildman–Crippen LogP) is 3.28. The number of rotatable bonds is 5. The molecule has 2 N–H and O–H groups in total. The van der Waals surface area contributed by atoms with Crippen LogP contribution >= 0.6 is 51.2 Å². The number of hydrogen-bond acceptors (Lipinski definition) is 3. The first-order chi connectivity index (χ1) is 9.72. The van der Waals surface area contributed by atoms with E-state index in [9.17, 15) is 0 Å². The van der Waals surface area contributed by atoms with E-state index in [1.807, 2.05) is 7.05 Å². The van der Waals surface area contributed by atoms with Gasteiger partial charge in [0.2, 0.25) is 0 Å². The Morgan fingerprint density at radius 2 is 2.33 bits per heavy atom. The van der Waals surface area contributed by atoms with Crippen molar-refractivity contribution in [2.45, 2.75) is 32.4 Å². The summed E-state index contributed by atoms with van der Waals surface area (Å²) in [5.41, 5.74) is 0. The van der Waals surface area contributed by atoms with Gasteiger partial charge in [-0.05, 0) is 47.9 Å². The molecule has 0 aliphatic carbocycles. The quantitative estimate of drug-likeness (QED) is 0.381. The zero-order chi connectivity index (χ0) is 14.4. The first kappa shape index (κ1) is 19.2. The highest BCUT2D eigenvalue weighted by molar-refractivity contribution is 14.0. The van der Waals surface area contributed by atoms with E-state index in [0.717, 1.165) is 30.1 Å². The van der Waals surface area contributed by atoms with Gasteiger partial charge in [-0.1, -0.05) is 6.92 Å². The maximum atomic E-state index is 4.29. The summed E-state index contributed by atoms with van der Waals surface area (Å²) in [4.78, 5) is 8.13. The Hall–Kier alpha value is 0.140. The fourth-order valence-electron chi connectivity index (χ4n) is 2.60. The second-order valence-corrected chi connectivity index (χ2v) is 6.87. The molecule has 120 valence electrons. The van der Waals surface area contributed by atoms with Gasteiger partial charge in [0.05, 0.1) is 6.54 Å². The van der Waals surface area contributed by atoms with Crippen molar-refractivity contribution >= 4 is 57.2 Å². The van der Waals surface area contributed by atoms with Crippen LogP contribution in [0.15, 0.2) is 20.9 Å². The average molecular weight is 487 g/mol. The third-order valence-electron chi connectivity index (χ3n) is 3.69. The standard InChI is InChI=1S/C14H23BrN4S.HI/c1-3-19-6-4-5-12(19)8-17-14(16-2)18-9-13-7-11(15)10-20-13;/h7,10,12H,3-6,8-9H2,1-2H3,(H2,16,17,18);1H. The zero-order valence-electron chi connectivity index (χ0n) is 12.6. The Balaban J connectivity index is 0.00000220.